The fourth-order valence-electron chi connectivity index (χ4n) is 5.74. The average Bonchev–Trinajstić information content (AvgIpc) is 2.95. The molecule has 42 heavy (non-hydrogen) atoms. The Morgan fingerprint density at radius 1 is 1.00 bits per heavy atom. The zero-order valence-corrected chi connectivity index (χ0v) is 25.8. The first kappa shape index (κ1) is 31.6. The van der Waals surface area contributed by atoms with Gasteiger partial charge in [-0.05, 0) is 75.9 Å². The fraction of sp³-hybridized carbons (Fsp3) is 0.594. The van der Waals surface area contributed by atoms with Crippen LogP contribution in [0.3, 0.4) is 0 Å². The topological polar surface area (TPSA) is 103 Å². The van der Waals surface area contributed by atoms with E-state index in [1.54, 1.807) is 27.9 Å². The van der Waals surface area contributed by atoms with E-state index in [4.69, 9.17) is 9.47 Å². The van der Waals surface area contributed by atoms with Gasteiger partial charge in [-0.3, -0.25) is 14.5 Å². The Bertz CT molecular complexity index is 1180. The standard InChI is InChI=1S/C32H47N5O5/c1-32(2,3)42-31(40)33-15-6-7-29(38)34-24-10-8-23(9-11-24)21-30(39)37-16-14-25-26(22-37)27(12-13-28(25)41-5)36-19-17-35(4)18-20-36/h8-11,22,27H,6-7,12-21H2,1-5H3,(H,33,40)(H,34,38). The molecule has 2 heterocycles. The van der Waals surface area contributed by atoms with Gasteiger partial charge in [0.1, 0.15) is 5.60 Å². The lowest BCUT2D eigenvalue weighted by molar-refractivity contribution is -0.128. The third kappa shape index (κ3) is 8.82. The number of carbonyl (C=O) groups is 3. The van der Waals surface area contributed by atoms with Crippen molar-refractivity contribution in [2.24, 2.45) is 0 Å². The summed E-state index contributed by atoms with van der Waals surface area (Å²) in [5.74, 6) is 1.000. The summed E-state index contributed by atoms with van der Waals surface area (Å²) in [7, 11) is 3.92. The molecule has 10 heteroatoms. The van der Waals surface area contributed by atoms with Gasteiger partial charge in [0.05, 0.1) is 19.3 Å². The molecule has 1 aliphatic carbocycles. The van der Waals surface area contributed by atoms with Crippen LogP contribution in [0.15, 0.2) is 47.4 Å². The number of methoxy groups -OCH3 is 1. The van der Waals surface area contributed by atoms with E-state index in [0.29, 0.717) is 37.7 Å². The van der Waals surface area contributed by atoms with E-state index < -0.39 is 11.7 Å². The van der Waals surface area contributed by atoms with Gasteiger partial charge in [-0.15, -0.1) is 0 Å². The number of amides is 3. The minimum Gasteiger partial charge on any atom is -0.501 e. The molecule has 1 saturated heterocycles. The molecule has 3 amide bonds. The van der Waals surface area contributed by atoms with E-state index in [9.17, 15) is 14.4 Å². The normalized spacial score (nSPS) is 20.0. The molecule has 0 bridgehead atoms. The fourth-order valence-corrected chi connectivity index (χ4v) is 5.74. The first-order valence-corrected chi connectivity index (χ1v) is 15.1. The summed E-state index contributed by atoms with van der Waals surface area (Å²) in [6.45, 7) is 10.6. The summed E-state index contributed by atoms with van der Waals surface area (Å²) in [6.07, 6.45) is 5.43. The van der Waals surface area contributed by atoms with Gasteiger partial charge in [0.25, 0.3) is 0 Å². The number of likely N-dealkylation sites (N-methyl/N-ethyl adjacent to an activating group) is 1. The van der Waals surface area contributed by atoms with Gasteiger partial charge in [0.2, 0.25) is 11.8 Å². The van der Waals surface area contributed by atoms with Gasteiger partial charge in [0.15, 0.2) is 0 Å². The predicted octanol–water partition coefficient (Wildman–Crippen LogP) is 3.90. The van der Waals surface area contributed by atoms with Crippen LogP contribution in [0, 0.1) is 0 Å². The molecular formula is C32H47N5O5. The molecule has 0 aromatic heterocycles. The second-order valence-corrected chi connectivity index (χ2v) is 12.4. The number of alkyl carbamates (subject to hydrolysis) is 1. The van der Waals surface area contributed by atoms with Crippen LogP contribution in [-0.4, -0.2) is 97.7 Å². The Kier molecular flexibility index (Phi) is 10.7. The van der Waals surface area contributed by atoms with E-state index in [1.165, 1.54) is 11.1 Å². The van der Waals surface area contributed by atoms with E-state index in [2.05, 4.69) is 33.7 Å². The number of carbonyl (C=O) groups excluding carboxylic acids is 3. The first-order valence-electron chi connectivity index (χ1n) is 15.1. The Morgan fingerprint density at radius 2 is 1.71 bits per heavy atom. The molecule has 2 N–H and O–H groups in total. The van der Waals surface area contributed by atoms with Gasteiger partial charge in [-0.2, -0.15) is 0 Å². The molecule has 1 aromatic rings. The van der Waals surface area contributed by atoms with Crippen molar-refractivity contribution in [1.82, 2.24) is 20.0 Å². The molecule has 1 aromatic carbocycles. The van der Waals surface area contributed by atoms with Crippen LogP contribution in [-0.2, 0) is 25.5 Å². The number of allylic oxidation sites excluding steroid dienone is 1. The van der Waals surface area contributed by atoms with E-state index in [-0.39, 0.29) is 18.2 Å². The number of rotatable bonds is 9. The van der Waals surface area contributed by atoms with Crippen LogP contribution in [0.25, 0.3) is 0 Å². The molecule has 1 unspecified atom stereocenters. The zero-order valence-electron chi connectivity index (χ0n) is 25.8. The van der Waals surface area contributed by atoms with Crippen LogP contribution in [0.4, 0.5) is 10.5 Å². The maximum Gasteiger partial charge on any atom is 0.407 e. The lowest BCUT2D eigenvalue weighted by Crippen LogP contribution is -2.51. The van der Waals surface area contributed by atoms with Crippen molar-refractivity contribution >= 4 is 23.6 Å². The van der Waals surface area contributed by atoms with Gasteiger partial charge in [-0.1, -0.05) is 12.1 Å². The van der Waals surface area contributed by atoms with Crippen LogP contribution in [0.1, 0.15) is 58.4 Å². The summed E-state index contributed by atoms with van der Waals surface area (Å²) < 4.78 is 10.9. The number of nitrogens with one attached hydrogen (secondary N) is 2. The number of hydrogen-bond acceptors (Lipinski definition) is 7. The van der Waals surface area contributed by atoms with Crippen molar-refractivity contribution in [2.45, 2.75) is 70.9 Å². The summed E-state index contributed by atoms with van der Waals surface area (Å²) in [5, 5.41) is 5.54. The molecule has 1 atom stereocenters. The summed E-state index contributed by atoms with van der Waals surface area (Å²) in [6, 6.07) is 7.74. The smallest absolute Gasteiger partial charge is 0.407 e. The van der Waals surface area contributed by atoms with Gasteiger partial charge < -0.3 is 29.9 Å². The molecule has 3 aliphatic rings. The summed E-state index contributed by atoms with van der Waals surface area (Å²) >= 11 is 0. The molecule has 0 radical (unpaired) electrons. The summed E-state index contributed by atoms with van der Waals surface area (Å²) in [5.41, 5.74) is 3.53. The van der Waals surface area contributed by atoms with E-state index >= 15 is 0 Å². The molecule has 0 spiro atoms. The quantitative estimate of drug-likeness (QED) is 0.427. The number of nitrogens with zero attached hydrogens (tertiary/aromatic N) is 3. The maximum absolute atomic E-state index is 13.4. The number of fused-ring (bicyclic) bond motifs is 1. The predicted molar refractivity (Wildman–Crippen MR) is 163 cm³/mol. The van der Waals surface area contributed by atoms with E-state index in [1.807, 2.05) is 29.2 Å². The second kappa shape index (κ2) is 14.2. The van der Waals surface area contributed by atoms with Crippen molar-refractivity contribution < 1.29 is 23.9 Å². The highest BCUT2D eigenvalue weighted by molar-refractivity contribution is 5.90. The van der Waals surface area contributed by atoms with Gasteiger partial charge in [-0.25, -0.2) is 4.79 Å². The van der Waals surface area contributed by atoms with Crippen LogP contribution >= 0.6 is 0 Å². The Hall–Kier alpha value is -3.37. The van der Waals surface area contributed by atoms with Gasteiger partial charge in [0, 0.05) is 70.0 Å². The Balaban J connectivity index is 1.29. The number of ether oxygens (including phenoxy) is 2. The minimum absolute atomic E-state index is 0.0671. The first-order chi connectivity index (χ1) is 20.0. The maximum atomic E-state index is 13.4. The third-order valence-electron chi connectivity index (χ3n) is 7.97. The monoisotopic (exact) mass is 581 g/mol. The SMILES string of the molecule is COC1=C2CCN(C(=O)Cc3ccc(NC(=O)CCCNC(=O)OC(C)(C)C)cc3)C=C2C(N2CCN(C)CC2)CC1. The van der Waals surface area contributed by atoms with Crippen LogP contribution < -0.4 is 10.6 Å². The Morgan fingerprint density at radius 3 is 2.38 bits per heavy atom. The van der Waals surface area contributed by atoms with Crippen molar-refractivity contribution in [2.75, 3.05) is 58.7 Å². The van der Waals surface area contributed by atoms with Crippen LogP contribution in [0.2, 0.25) is 0 Å². The zero-order chi connectivity index (χ0) is 30.3. The van der Waals surface area contributed by atoms with Gasteiger partial charge >= 0.3 is 6.09 Å². The Labute approximate surface area is 250 Å². The molecule has 4 rings (SSSR count). The molecule has 2 aliphatic heterocycles. The highest BCUT2D eigenvalue weighted by Crippen LogP contribution is 2.38. The number of piperazine rings is 1. The lowest BCUT2D eigenvalue weighted by atomic mass is 9.83. The second-order valence-electron chi connectivity index (χ2n) is 12.4. The average molecular weight is 582 g/mol. The van der Waals surface area contributed by atoms with E-state index in [0.717, 1.165) is 56.8 Å². The number of benzene rings is 1. The highest BCUT2D eigenvalue weighted by Gasteiger charge is 2.35. The summed E-state index contributed by atoms with van der Waals surface area (Å²) in [4.78, 5) is 44.2. The number of hydrogen-bond donors (Lipinski definition) is 2. The van der Waals surface area contributed by atoms with Crippen molar-refractivity contribution in [3.63, 3.8) is 0 Å². The number of anilines is 1. The molecule has 10 nitrogen and oxygen atoms in total. The van der Waals surface area contributed by atoms with Crippen LogP contribution in [0.5, 0.6) is 0 Å². The molecule has 230 valence electrons. The van der Waals surface area contributed by atoms with Crippen molar-refractivity contribution in [3.05, 3.63) is 52.9 Å². The molecular weight excluding hydrogens is 534 g/mol. The minimum atomic E-state index is -0.554. The highest BCUT2D eigenvalue weighted by atomic mass is 16.6. The molecule has 1 fully saturated rings. The lowest BCUT2D eigenvalue weighted by Gasteiger charge is -2.43. The third-order valence-corrected chi connectivity index (χ3v) is 7.97. The molecule has 0 saturated carbocycles. The largest absolute Gasteiger partial charge is 0.501 e. The van der Waals surface area contributed by atoms with Crippen molar-refractivity contribution in [1.29, 1.82) is 0 Å². The van der Waals surface area contributed by atoms with Crippen molar-refractivity contribution in [3.8, 4) is 0 Å².